The molecule has 4 nitrogen and oxygen atoms in total. The number of amides is 1. The van der Waals surface area contributed by atoms with E-state index in [0.29, 0.717) is 5.56 Å². The van der Waals surface area contributed by atoms with Gasteiger partial charge in [0.15, 0.2) is 0 Å². The van der Waals surface area contributed by atoms with E-state index >= 15 is 0 Å². The summed E-state index contributed by atoms with van der Waals surface area (Å²) in [4.78, 5) is 23.2. The van der Waals surface area contributed by atoms with Crippen LogP contribution in [0, 0.1) is 0 Å². The predicted molar refractivity (Wildman–Crippen MR) is 80.6 cm³/mol. The van der Waals surface area contributed by atoms with Crippen LogP contribution in [0.5, 0.6) is 0 Å². The summed E-state index contributed by atoms with van der Waals surface area (Å²) in [6.07, 6.45) is 3.32. The Balaban J connectivity index is 1.95. The molecule has 1 aliphatic carbocycles. The topological polar surface area (TPSA) is 55.4 Å². The predicted octanol–water partition coefficient (Wildman–Crippen LogP) is 1.88. The Morgan fingerprint density at radius 2 is 2.11 bits per heavy atom. The van der Waals surface area contributed by atoms with E-state index < -0.39 is 0 Å². The van der Waals surface area contributed by atoms with Crippen LogP contribution in [0.4, 0.5) is 0 Å². The molecule has 2 rings (SSSR count). The first-order valence-corrected chi connectivity index (χ1v) is 7.48. The molecule has 1 atom stereocenters. The highest BCUT2D eigenvalue weighted by atomic mass is 127. The number of hydrogen-bond donors (Lipinski definition) is 1. The van der Waals surface area contributed by atoms with E-state index in [4.69, 9.17) is 0 Å². The van der Waals surface area contributed by atoms with E-state index in [1.165, 1.54) is 24.7 Å². The lowest BCUT2D eigenvalue weighted by Gasteiger charge is -2.10. The number of esters is 1. The molecule has 1 amide bonds. The van der Waals surface area contributed by atoms with Crippen LogP contribution in [-0.4, -0.2) is 29.5 Å². The summed E-state index contributed by atoms with van der Waals surface area (Å²) in [5.74, 6) is -0.463. The third-order valence-electron chi connectivity index (χ3n) is 3.26. The summed E-state index contributed by atoms with van der Waals surface area (Å²) < 4.78 is 4.25. The summed E-state index contributed by atoms with van der Waals surface area (Å²) in [7, 11) is 1.34. The quantitative estimate of drug-likeness (QED) is 0.498. The second-order valence-corrected chi connectivity index (χ2v) is 6.04. The van der Waals surface area contributed by atoms with E-state index in [1.807, 2.05) is 40.8 Å². The average molecular weight is 373 g/mol. The summed E-state index contributed by atoms with van der Waals surface area (Å²) >= 11 is 1.96. The summed E-state index contributed by atoms with van der Waals surface area (Å²) in [6, 6.07) is 5.83. The molecule has 0 fully saturated rings. The van der Waals surface area contributed by atoms with Gasteiger partial charge < -0.3 is 10.1 Å². The van der Waals surface area contributed by atoms with Crippen LogP contribution in [0.2, 0.25) is 0 Å². The van der Waals surface area contributed by atoms with Crippen LogP contribution in [0.25, 0.3) is 0 Å². The van der Waals surface area contributed by atoms with Crippen LogP contribution in [0.15, 0.2) is 18.2 Å². The number of benzene rings is 1. The Labute approximate surface area is 126 Å². The van der Waals surface area contributed by atoms with Crippen LogP contribution < -0.4 is 5.32 Å². The first-order valence-electron chi connectivity index (χ1n) is 6.23. The third-order valence-corrected chi connectivity index (χ3v) is 4.21. The number of alkyl halides is 1. The van der Waals surface area contributed by atoms with E-state index in [9.17, 15) is 9.59 Å². The van der Waals surface area contributed by atoms with E-state index in [-0.39, 0.29) is 22.3 Å². The number of carbonyl (C=O) groups excluding carboxylic acids is 2. The maximum atomic E-state index is 12.0. The molecule has 0 aliphatic heterocycles. The Morgan fingerprint density at radius 3 is 2.84 bits per heavy atom. The maximum absolute atomic E-state index is 12.0. The van der Waals surface area contributed by atoms with Crippen molar-refractivity contribution in [3.05, 3.63) is 34.9 Å². The van der Waals surface area contributed by atoms with Gasteiger partial charge in [-0.15, -0.1) is 0 Å². The maximum Gasteiger partial charge on any atom is 0.320 e. The molecule has 1 aliphatic rings. The minimum absolute atomic E-state index is 0.139. The summed E-state index contributed by atoms with van der Waals surface area (Å²) in [5, 5.41) is 2.76. The summed E-state index contributed by atoms with van der Waals surface area (Å²) in [6.45, 7) is 0.281. The molecule has 1 aromatic rings. The minimum Gasteiger partial charge on any atom is -0.468 e. The monoisotopic (exact) mass is 373 g/mol. The standard InChI is InChI=1S/C14H16INO3/c1-19-14(18)12(15)8-16-13(17)11-6-5-9-3-2-4-10(9)7-11/h5-7,12H,2-4,8H2,1H3,(H,16,17). The molecular formula is C14H16INO3. The largest absolute Gasteiger partial charge is 0.468 e. The van der Waals surface area contributed by atoms with E-state index in [0.717, 1.165) is 12.8 Å². The van der Waals surface area contributed by atoms with Crippen molar-refractivity contribution in [3.63, 3.8) is 0 Å². The number of ether oxygens (including phenoxy) is 1. The van der Waals surface area contributed by atoms with E-state index in [1.54, 1.807) is 0 Å². The van der Waals surface area contributed by atoms with Crippen molar-refractivity contribution in [3.8, 4) is 0 Å². The first kappa shape index (κ1) is 14.3. The van der Waals surface area contributed by atoms with E-state index in [2.05, 4.69) is 10.1 Å². The van der Waals surface area contributed by atoms with Crippen LogP contribution in [-0.2, 0) is 22.4 Å². The molecule has 1 unspecified atom stereocenters. The number of halogens is 1. The molecule has 0 aromatic heterocycles. The van der Waals surface area contributed by atoms with Crippen molar-refractivity contribution in [1.82, 2.24) is 5.32 Å². The van der Waals surface area contributed by atoms with Crippen molar-refractivity contribution in [2.75, 3.05) is 13.7 Å². The number of methoxy groups -OCH3 is 1. The second-order valence-electron chi connectivity index (χ2n) is 4.54. The fourth-order valence-corrected chi connectivity index (χ4v) is 2.68. The molecule has 0 saturated carbocycles. The summed E-state index contributed by atoms with van der Waals surface area (Å²) in [5.41, 5.74) is 3.28. The molecule has 0 radical (unpaired) electrons. The smallest absolute Gasteiger partial charge is 0.320 e. The van der Waals surface area contributed by atoms with Gasteiger partial charge in [-0.05, 0) is 42.5 Å². The van der Waals surface area contributed by atoms with Crippen LogP contribution in [0.1, 0.15) is 27.9 Å². The van der Waals surface area contributed by atoms with Gasteiger partial charge in [0, 0.05) is 12.1 Å². The van der Waals surface area contributed by atoms with Crippen molar-refractivity contribution < 1.29 is 14.3 Å². The van der Waals surface area contributed by atoms with Gasteiger partial charge in [0.2, 0.25) is 0 Å². The average Bonchev–Trinajstić information content (AvgIpc) is 2.90. The normalized spacial score (nSPS) is 14.6. The van der Waals surface area contributed by atoms with Crippen molar-refractivity contribution >= 4 is 34.5 Å². The lowest BCUT2D eigenvalue weighted by atomic mass is 10.1. The zero-order valence-electron chi connectivity index (χ0n) is 10.7. The van der Waals surface area contributed by atoms with Gasteiger partial charge in [0.25, 0.3) is 5.91 Å². The van der Waals surface area contributed by atoms with Gasteiger partial charge >= 0.3 is 5.97 Å². The number of aryl methyl sites for hydroxylation is 2. The molecule has 0 heterocycles. The number of hydrogen-bond acceptors (Lipinski definition) is 3. The Kier molecular flexibility index (Phi) is 4.79. The van der Waals surface area contributed by atoms with Crippen molar-refractivity contribution in [1.29, 1.82) is 0 Å². The number of carbonyl (C=O) groups is 2. The van der Waals surface area contributed by atoms with Gasteiger partial charge in [-0.25, -0.2) is 0 Å². The highest BCUT2D eigenvalue weighted by Crippen LogP contribution is 2.22. The lowest BCUT2D eigenvalue weighted by molar-refractivity contribution is -0.139. The minimum atomic E-state index is -0.360. The van der Waals surface area contributed by atoms with Crippen molar-refractivity contribution in [2.45, 2.75) is 23.2 Å². The van der Waals surface area contributed by atoms with Gasteiger partial charge in [0.05, 0.1) is 7.11 Å². The number of nitrogens with one attached hydrogen (secondary N) is 1. The lowest BCUT2D eigenvalue weighted by Crippen LogP contribution is -2.33. The van der Waals surface area contributed by atoms with Crippen LogP contribution >= 0.6 is 22.6 Å². The molecule has 0 bridgehead atoms. The van der Waals surface area contributed by atoms with Crippen molar-refractivity contribution in [2.24, 2.45) is 0 Å². The molecular weight excluding hydrogens is 357 g/mol. The van der Waals surface area contributed by atoms with Gasteiger partial charge in [0.1, 0.15) is 3.92 Å². The highest BCUT2D eigenvalue weighted by Gasteiger charge is 2.18. The first-order chi connectivity index (χ1) is 9.11. The molecule has 0 saturated heterocycles. The van der Waals surface area contributed by atoms with Crippen LogP contribution in [0.3, 0.4) is 0 Å². The Hall–Kier alpha value is -1.11. The van der Waals surface area contributed by atoms with Gasteiger partial charge in [-0.1, -0.05) is 28.7 Å². The Bertz CT molecular complexity index is 501. The highest BCUT2D eigenvalue weighted by molar-refractivity contribution is 14.1. The fraction of sp³-hybridized carbons (Fsp3) is 0.429. The molecule has 5 heteroatoms. The fourth-order valence-electron chi connectivity index (χ4n) is 2.21. The Morgan fingerprint density at radius 1 is 1.37 bits per heavy atom. The molecule has 19 heavy (non-hydrogen) atoms. The molecule has 0 spiro atoms. The molecule has 1 N–H and O–H groups in total. The third kappa shape index (κ3) is 3.46. The molecule has 102 valence electrons. The number of fused-ring (bicyclic) bond motifs is 1. The zero-order chi connectivity index (χ0) is 13.8. The second kappa shape index (κ2) is 6.36. The SMILES string of the molecule is COC(=O)C(I)CNC(=O)c1ccc2c(c1)CCC2. The molecule has 1 aromatic carbocycles. The van der Waals surface area contributed by atoms with Gasteiger partial charge in [-0.3, -0.25) is 9.59 Å². The van der Waals surface area contributed by atoms with Gasteiger partial charge in [-0.2, -0.15) is 0 Å². The zero-order valence-corrected chi connectivity index (χ0v) is 12.9. The number of rotatable bonds is 4.